The SMILES string of the molecule is CCCC(=O)N1CCCCC1C(=O)Nc1cccc(CNCC)c1. The largest absolute Gasteiger partial charge is 0.331 e. The molecule has 1 aliphatic rings. The summed E-state index contributed by atoms with van der Waals surface area (Å²) in [5, 5.41) is 6.27. The molecule has 1 heterocycles. The number of carbonyl (C=O) groups excluding carboxylic acids is 2. The highest BCUT2D eigenvalue weighted by Gasteiger charge is 2.31. The van der Waals surface area contributed by atoms with Gasteiger partial charge in [-0.05, 0) is 49.9 Å². The second-order valence-corrected chi connectivity index (χ2v) is 6.32. The number of hydrogen-bond donors (Lipinski definition) is 2. The second kappa shape index (κ2) is 9.42. The van der Waals surface area contributed by atoms with Crippen LogP contribution in [0.5, 0.6) is 0 Å². The molecule has 1 aliphatic heterocycles. The number of piperidine rings is 1. The van der Waals surface area contributed by atoms with Crippen LogP contribution in [0.15, 0.2) is 24.3 Å². The third-order valence-corrected chi connectivity index (χ3v) is 4.36. The van der Waals surface area contributed by atoms with Gasteiger partial charge in [0.05, 0.1) is 0 Å². The van der Waals surface area contributed by atoms with Gasteiger partial charge in [-0.15, -0.1) is 0 Å². The molecule has 1 aromatic rings. The minimum absolute atomic E-state index is 0.0697. The average molecular weight is 331 g/mol. The Bertz CT molecular complexity index is 559. The molecule has 0 aromatic heterocycles. The van der Waals surface area contributed by atoms with E-state index in [2.05, 4.69) is 17.6 Å². The number of rotatable bonds is 7. The van der Waals surface area contributed by atoms with Gasteiger partial charge in [0.25, 0.3) is 0 Å². The Kier molecular flexibility index (Phi) is 7.25. The summed E-state index contributed by atoms with van der Waals surface area (Å²) >= 11 is 0. The van der Waals surface area contributed by atoms with Gasteiger partial charge < -0.3 is 15.5 Å². The minimum Gasteiger partial charge on any atom is -0.331 e. The molecule has 0 aliphatic carbocycles. The highest BCUT2D eigenvalue weighted by molar-refractivity contribution is 5.97. The van der Waals surface area contributed by atoms with Crippen molar-refractivity contribution >= 4 is 17.5 Å². The number of amides is 2. The molecule has 24 heavy (non-hydrogen) atoms. The normalized spacial score (nSPS) is 17.6. The Labute approximate surface area is 144 Å². The molecular weight excluding hydrogens is 302 g/mol. The van der Waals surface area contributed by atoms with Crippen LogP contribution in [-0.4, -0.2) is 35.8 Å². The zero-order valence-electron chi connectivity index (χ0n) is 14.8. The molecule has 5 nitrogen and oxygen atoms in total. The first kappa shape index (κ1) is 18.5. The lowest BCUT2D eigenvalue weighted by molar-refractivity contribution is -0.140. The van der Waals surface area contributed by atoms with Gasteiger partial charge in [0.2, 0.25) is 11.8 Å². The molecule has 1 saturated heterocycles. The first-order chi connectivity index (χ1) is 11.7. The molecule has 2 amide bonds. The fraction of sp³-hybridized carbons (Fsp3) is 0.579. The molecule has 132 valence electrons. The molecule has 1 unspecified atom stereocenters. The van der Waals surface area contributed by atoms with E-state index < -0.39 is 0 Å². The molecule has 2 rings (SSSR count). The van der Waals surface area contributed by atoms with Crippen LogP contribution in [-0.2, 0) is 16.1 Å². The van der Waals surface area contributed by atoms with Crippen molar-refractivity contribution in [3.63, 3.8) is 0 Å². The summed E-state index contributed by atoms with van der Waals surface area (Å²) in [5.41, 5.74) is 1.93. The molecule has 1 aromatic carbocycles. The highest BCUT2D eigenvalue weighted by Crippen LogP contribution is 2.20. The second-order valence-electron chi connectivity index (χ2n) is 6.32. The lowest BCUT2D eigenvalue weighted by atomic mass is 10.0. The van der Waals surface area contributed by atoms with E-state index in [0.717, 1.165) is 50.0 Å². The average Bonchev–Trinajstić information content (AvgIpc) is 2.60. The van der Waals surface area contributed by atoms with Gasteiger partial charge in [0, 0.05) is 25.2 Å². The van der Waals surface area contributed by atoms with Crippen molar-refractivity contribution in [3.8, 4) is 0 Å². The zero-order valence-corrected chi connectivity index (χ0v) is 14.8. The Hall–Kier alpha value is -1.88. The van der Waals surface area contributed by atoms with E-state index in [0.29, 0.717) is 13.0 Å². The fourth-order valence-corrected chi connectivity index (χ4v) is 3.11. The number of benzene rings is 1. The first-order valence-corrected chi connectivity index (χ1v) is 9.05. The molecule has 5 heteroatoms. The van der Waals surface area contributed by atoms with Gasteiger partial charge >= 0.3 is 0 Å². The van der Waals surface area contributed by atoms with Crippen LogP contribution in [0.1, 0.15) is 51.5 Å². The van der Waals surface area contributed by atoms with Crippen molar-refractivity contribution in [2.75, 3.05) is 18.4 Å². The molecule has 0 saturated carbocycles. The predicted octanol–water partition coefficient (Wildman–Crippen LogP) is 2.92. The molecular formula is C19H29N3O2. The Balaban J connectivity index is 2.02. The Morgan fingerprint density at radius 3 is 2.83 bits per heavy atom. The van der Waals surface area contributed by atoms with E-state index in [9.17, 15) is 9.59 Å². The lowest BCUT2D eigenvalue weighted by Crippen LogP contribution is -2.49. The van der Waals surface area contributed by atoms with E-state index in [-0.39, 0.29) is 17.9 Å². The lowest BCUT2D eigenvalue weighted by Gasteiger charge is -2.34. The summed E-state index contributed by atoms with van der Waals surface area (Å²) in [6.45, 7) is 6.44. The number of hydrogen-bond acceptors (Lipinski definition) is 3. The van der Waals surface area contributed by atoms with Crippen LogP contribution in [0.2, 0.25) is 0 Å². The van der Waals surface area contributed by atoms with Crippen molar-refractivity contribution in [2.24, 2.45) is 0 Å². The Morgan fingerprint density at radius 2 is 2.08 bits per heavy atom. The molecule has 1 fully saturated rings. The highest BCUT2D eigenvalue weighted by atomic mass is 16.2. The van der Waals surface area contributed by atoms with Crippen molar-refractivity contribution in [2.45, 2.75) is 58.5 Å². The van der Waals surface area contributed by atoms with Gasteiger partial charge in [-0.1, -0.05) is 26.0 Å². The van der Waals surface area contributed by atoms with E-state index in [1.54, 1.807) is 4.90 Å². The summed E-state index contributed by atoms with van der Waals surface area (Å²) in [4.78, 5) is 26.7. The van der Waals surface area contributed by atoms with Crippen LogP contribution in [0.25, 0.3) is 0 Å². The van der Waals surface area contributed by atoms with Crippen molar-refractivity contribution < 1.29 is 9.59 Å². The van der Waals surface area contributed by atoms with E-state index in [1.807, 2.05) is 31.2 Å². The van der Waals surface area contributed by atoms with Gasteiger partial charge in [0.15, 0.2) is 0 Å². The molecule has 0 bridgehead atoms. The molecule has 1 atom stereocenters. The van der Waals surface area contributed by atoms with Crippen LogP contribution < -0.4 is 10.6 Å². The first-order valence-electron chi connectivity index (χ1n) is 9.05. The third-order valence-electron chi connectivity index (χ3n) is 4.36. The predicted molar refractivity (Wildman–Crippen MR) is 96.7 cm³/mol. The molecule has 0 spiro atoms. The number of likely N-dealkylation sites (tertiary alicyclic amines) is 1. The van der Waals surface area contributed by atoms with Gasteiger partial charge in [-0.3, -0.25) is 9.59 Å². The summed E-state index contributed by atoms with van der Waals surface area (Å²) < 4.78 is 0. The van der Waals surface area contributed by atoms with Crippen molar-refractivity contribution in [3.05, 3.63) is 29.8 Å². The quantitative estimate of drug-likeness (QED) is 0.807. The monoisotopic (exact) mass is 331 g/mol. The van der Waals surface area contributed by atoms with E-state index in [1.165, 1.54) is 0 Å². The number of nitrogens with zero attached hydrogens (tertiary/aromatic N) is 1. The van der Waals surface area contributed by atoms with Crippen LogP contribution in [0.4, 0.5) is 5.69 Å². The van der Waals surface area contributed by atoms with Crippen LogP contribution in [0, 0.1) is 0 Å². The van der Waals surface area contributed by atoms with Gasteiger partial charge in [-0.25, -0.2) is 0 Å². The summed E-state index contributed by atoms with van der Waals surface area (Å²) in [6, 6.07) is 7.53. The van der Waals surface area contributed by atoms with Crippen LogP contribution in [0.3, 0.4) is 0 Å². The van der Waals surface area contributed by atoms with Crippen LogP contribution >= 0.6 is 0 Å². The maximum Gasteiger partial charge on any atom is 0.247 e. The number of carbonyl (C=O) groups is 2. The van der Waals surface area contributed by atoms with Gasteiger partial charge in [-0.2, -0.15) is 0 Å². The number of nitrogens with one attached hydrogen (secondary N) is 2. The summed E-state index contributed by atoms with van der Waals surface area (Å²) in [5.74, 6) is 0.0259. The smallest absolute Gasteiger partial charge is 0.247 e. The van der Waals surface area contributed by atoms with Gasteiger partial charge in [0.1, 0.15) is 6.04 Å². The maximum atomic E-state index is 12.7. The molecule has 2 N–H and O–H groups in total. The fourth-order valence-electron chi connectivity index (χ4n) is 3.11. The minimum atomic E-state index is -0.338. The standard InChI is InChI=1S/C19H29N3O2/c1-3-8-18(23)22-12-6-5-11-17(22)19(24)21-16-10-7-9-15(13-16)14-20-4-2/h7,9-10,13,17,20H,3-6,8,11-12,14H2,1-2H3,(H,21,24). The van der Waals surface area contributed by atoms with Crippen molar-refractivity contribution in [1.82, 2.24) is 10.2 Å². The van der Waals surface area contributed by atoms with E-state index in [4.69, 9.17) is 0 Å². The third kappa shape index (κ3) is 5.06. The molecule has 0 radical (unpaired) electrons. The van der Waals surface area contributed by atoms with E-state index >= 15 is 0 Å². The summed E-state index contributed by atoms with van der Waals surface area (Å²) in [6.07, 6.45) is 4.06. The van der Waals surface area contributed by atoms with Crippen molar-refractivity contribution in [1.29, 1.82) is 0 Å². The Morgan fingerprint density at radius 1 is 1.25 bits per heavy atom. The zero-order chi connectivity index (χ0) is 17.4. The topological polar surface area (TPSA) is 61.4 Å². The maximum absolute atomic E-state index is 12.7. The number of anilines is 1. The summed E-state index contributed by atoms with van der Waals surface area (Å²) in [7, 11) is 0.